The lowest BCUT2D eigenvalue weighted by atomic mass is 10.0. The Bertz CT molecular complexity index is 446. The number of hydrogen-bond acceptors (Lipinski definition) is 2. The summed E-state index contributed by atoms with van der Waals surface area (Å²) in [6.45, 7) is 4.99. The minimum Gasteiger partial charge on any atom is -0.494 e. The van der Waals surface area contributed by atoms with Gasteiger partial charge in [0.15, 0.2) is 0 Å². The van der Waals surface area contributed by atoms with E-state index in [0.29, 0.717) is 0 Å². The Morgan fingerprint density at radius 1 is 1.14 bits per heavy atom. The van der Waals surface area contributed by atoms with Crippen LogP contribution < -0.4 is 4.74 Å². The van der Waals surface area contributed by atoms with Crippen LogP contribution in [-0.2, 0) is 4.79 Å². The van der Waals surface area contributed by atoms with E-state index < -0.39 is 5.97 Å². The quantitative estimate of drug-likeness (QED) is 0.622. The van der Waals surface area contributed by atoms with Crippen molar-refractivity contribution in [3.8, 4) is 5.75 Å². The first-order valence-corrected chi connectivity index (χ1v) is 7.81. The molecule has 1 rings (SSSR count). The van der Waals surface area contributed by atoms with E-state index in [1.807, 2.05) is 31.2 Å². The van der Waals surface area contributed by atoms with Gasteiger partial charge < -0.3 is 9.84 Å². The van der Waals surface area contributed by atoms with Gasteiger partial charge in [-0.1, -0.05) is 51.3 Å². The van der Waals surface area contributed by atoms with Gasteiger partial charge in [0, 0.05) is 0 Å². The molecule has 0 saturated heterocycles. The molecule has 0 spiro atoms. The smallest absolute Gasteiger partial charge is 0.307 e. The van der Waals surface area contributed by atoms with E-state index >= 15 is 0 Å². The summed E-state index contributed by atoms with van der Waals surface area (Å²) in [6, 6.07) is 7.91. The second-order valence-corrected chi connectivity index (χ2v) is 5.11. The molecule has 0 aliphatic rings. The summed E-state index contributed by atoms with van der Waals surface area (Å²) in [4.78, 5) is 10.6. The van der Waals surface area contributed by atoms with Gasteiger partial charge >= 0.3 is 5.97 Å². The second-order valence-electron chi connectivity index (χ2n) is 5.11. The third-order valence-electron chi connectivity index (χ3n) is 3.40. The number of carbonyl (C=O) groups is 1. The normalized spacial score (nSPS) is 11.4. The highest BCUT2D eigenvalue weighted by atomic mass is 16.5. The maximum atomic E-state index is 10.6. The molecular weight excluding hydrogens is 264 g/mol. The predicted octanol–water partition coefficient (Wildman–Crippen LogP) is 4.91. The van der Waals surface area contributed by atoms with Crippen LogP contribution in [0.2, 0.25) is 0 Å². The topological polar surface area (TPSA) is 46.5 Å². The molecule has 21 heavy (non-hydrogen) atoms. The van der Waals surface area contributed by atoms with Crippen LogP contribution in [0.25, 0.3) is 5.57 Å². The lowest BCUT2D eigenvalue weighted by Crippen LogP contribution is -1.97. The minimum atomic E-state index is -0.798. The first-order chi connectivity index (χ1) is 10.2. The van der Waals surface area contributed by atoms with Gasteiger partial charge in [-0.25, -0.2) is 0 Å². The number of benzene rings is 1. The molecule has 0 aliphatic carbocycles. The van der Waals surface area contributed by atoms with Gasteiger partial charge in [0.25, 0.3) is 0 Å². The van der Waals surface area contributed by atoms with Crippen molar-refractivity contribution < 1.29 is 14.6 Å². The van der Waals surface area contributed by atoms with Crippen LogP contribution in [0.1, 0.15) is 57.9 Å². The third kappa shape index (κ3) is 6.98. The van der Waals surface area contributed by atoms with Crippen molar-refractivity contribution >= 4 is 11.5 Å². The Morgan fingerprint density at radius 2 is 1.86 bits per heavy atom. The number of carboxylic acids is 1. The van der Waals surface area contributed by atoms with E-state index in [1.165, 1.54) is 19.3 Å². The van der Waals surface area contributed by atoms with Gasteiger partial charge in [0.1, 0.15) is 5.75 Å². The molecule has 0 saturated carbocycles. The average molecular weight is 290 g/mol. The van der Waals surface area contributed by atoms with Crippen LogP contribution in [0.5, 0.6) is 5.75 Å². The zero-order valence-corrected chi connectivity index (χ0v) is 13.1. The predicted molar refractivity (Wildman–Crippen MR) is 86.6 cm³/mol. The van der Waals surface area contributed by atoms with E-state index in [4.69, 9.17) is 9.84 Å². The Labute approximate surface area is 127 Å². The van der Waals surface area contributed by atoms with Crippen molar-refractivity contribution in [3.05, 3.63) is 35.9 Å². The van der Waals surface area contributed by atoms with Gasteiger partial charge in [0.05, 0.1) is 13.0 Å². The zero-order chi connectivity index (χ0) is 15.5. The summed E-state index contributed by atoms with van der Waals surface area (Å²) < 4.78 is 5.71. The summed E-state index contributed by atoms with van der Waals surface area (Å²) in [5.41, 5.74) is 2.13. The molecule has 0 radical (unpaired) electrons. The highest BCUT2D eigenvalue weighted by molar-refractivity contribution is 5.74. The average Bonchev–Trinajstić information content (AvgIpc) is 2.49. The molecule has 0 aromatic heterocycles. The fourth-order valence-electron chi connectivity index (χ4n) is 2.16. The SMILES string of the molecule is CCCCCCOc1ccc(/C(=C/CC(=O)O)CC)cc1. The Kier molecular flexibility index (Phi) is 8.25. The van der Waals surface area contributed by atoms with Crippen molar-refractivity contribution in [3.63, 3.8) is 0 Å². The van der Waals surface area contributed by atoms with Crippen molar-refractivity contribution in [2.75, 3.05) is 6.61 Å². The molecule has 0 heterocycles. The Morgan fingerprint density at radius 3 is 2.43 bits per heavy atom. The molecule has 0 unspecified atom stereocenters. The highest BCUT2D eigenvalue weighted by Gasteiger charge is 2.02. The van der Waals surface area contributed by atoms with Gasteiger partial charge in [0.2, 0.25) is 0 Å². The van der Waals surface area contributed by atoms with Gasteiger partial charge in [-0.2, -0.15) is 0 Å². The minimum absolute atomic E-state index is 0.0683. The number of aliphatic carboxylic acids is 1. The third-order valence-corrected chi connectivity index (χ3v) is 3.40. The number of rotatable bonds is 10. The summed E-state index contributed by atoms with van der Waals surface area (Å²) in [6.07, 6.45) is 7.47. The Hall–Kier alpha value is -1.77. The summed E-state index contributed by atoms with van der Waals surface area (Å²) >= 11 is 0. The van der Waals surface area contributed by atoms with Crippen LogP contribution >= 0.6 is 0 Å². The van der Waals surface area contributed by atoms with Crippen LogP contribution in [0.4, 0.5) is 0 Å². The number of unbranched alkanes of at least 4 members (excludes halogenated alkanes) is 3. The first-order valence-electron chi connectivity index (χ1n) is 7.81. The van der Waals surface area contributed by atoms with E-state index in [2.05, 4.69) is 6.92 Å². The molecule has 1 aromatic rings. The number of allylic oxidation sites excluding steroid dienone is 1. The second kappa shape index (κ2) is 10.0. The van der Waals surface area contributed by atoms with Gasteiger partial charge in [-0.05, 0) is 36.1 Å². The number of hydrogen-bond donors (Lipinski definition) is 1. The highest BCUT2D eigenvalue weighted by Crippen LogP contribution is 2.22. The maximum Gasteiger partial charge on any atom is 0.307 e. The lowest BCUT2D eigenvalue weighted by Gasteiger charge is -2.08. The standard InChI is InChI=1S/C18H26O3/c1-3-5-6-7-14-21-17-11-8-16(9-12-17)15(4-2)10-13-18(19)20/h8-12H,3-7,13-14H2,1-2H3,(H,19,20)/b15-10+. The molecule has 1 aromatic carbocycles. The molecule has 116 valence electrons. The van der Waals surface area contributed by atoms with Crippen molar-refractivity contribution in [1.82, 2.24) is 0 Å². The lowest BCUT2D eigenvalue weighted by molar-refractivity contribution is -0.135. The summed E-state index contributed by atoms with van der Waals surface area (Å²) in [7, 11) is 0. The molecule has 3 heteroatoms. The van der Waals surface area contributed by atoms with Crippen LogP contribution in [0, 0.1) is 0 Å². The molecule has 0 bridgehead atoms. The van der Waals surface area contributed by atoms with Crippen LogP contribution in [0.3, 0.4) is 0 Å². The van der Waals surface area contributed by atoms with E-state index in [9.17, 15) is 4.79 Å². The maximum absolute atomic E-state index is 10.6. The monoisotopic (exact) mass is 290 g/mol. The van der Waals surface area contributed by atoms with E-state index in [1.54, 1.807) is 6.08 Å². The molecule has 0 amide bonds. The number of ether oxygens (including phenoxy) is 1. The number of carboxylic acid groups (broad SMARTS) is 1. The fraction of sp³-hybridized carbons (Fsp3) is 0.500. The molecule has 0 aliphatic heterocycles. The fourth-order valence-corrected chi connectivity index (χ4v) is 2.16. The van der Waals surface area contributed by atoms with E-state index in [0.717, 1.165) is 36.3 Å². The molecule has 1 N–H and O–H groups in total. The molecule has 0 fully saturated rings. The largest absolute Gasteiger partial charge is 0.494 e. The first kappa shape index (κ1) is 17.3. The van der Waals surface area contributed by atoms with Crippen LogP contribution in [0.15, 0.2) is 30.3 Å². The van der Waals surface area contributed by atoms with Crippen LogP contribution in [-0.4, -0.2) is 17.7 Å². The summed E-state index contributed by atoms with van der Waals surface area (Å²) in [5, 5.41) is 8.74. The van der Waals surface area contributed by atoms with Gasteiger partial charge in [-0.15, -0.1) is 0 Å². The van der Waals surface area contributed by atoms with Crippen molar-refractivity contribution in [2.45, 2.75) is 52.4 Å². The zero-order valence-electron chi connectivity index (χ0n) is 13.1. The molecular formula is C18H26O3. The molecule has 0 atom stereocenters. The summed E-state index contributed by atoms with van der Waals surface area (Å²) in [5.74, 6) is 0.0805. The molecule has 3 nitrogen and oxygen atoms in total. The van der Waals surface area contributed by atoms with Crippen molar-refractivity contribution in [1.29, 1.82) is 0 Å². The van der Waals surface area contributed by atoms with E-state index in [-0.39, 0.29) is 6.42 Å². The van der Waals surface area contributed by atoms with Gasteiger partial charge in [-0.3, -0.25) is 4.79 Å². The van der Waals surface area contributed by atoms with Crippen molar-refractivity contribution in [2.24, 2.45) is 0 Å². The Balaban J connectivity index is 2.52.